The molecule has 0 atom stereocenters. The first-order chi connectivity index (χ1) is 9.33. The lowest BCUT2D eigenvalue weighted by Crippen LogP contribution is -1.98. The Kier molecular flexibility index (Phi) is 5.74. The summed E-state index contributed by atoms with van der Waals surface area (Å²) in [6.45, 7) is 0.704. The van der Waals surface area contributed by atoms with Gasteiger partial charge in [0, 0.05) is 17.5 Å². The van der Waals surface area contributed by atoms with Gasteiger partial charge in [-0.15, -0.1) is 11.6 Å². The molecule has 0 aliphatic rings. The van der Waals surface area contributed by atoms with Crippen LogP contribution in [0.15, 0.2) is 30.5 Å². The van der Waals surface area contributed by atoms with Crippen molar-refractivity contribution in [2.24, 2.45) is 0 Å². The van der Waals surface area contributed by atoms with E-state index in [1.807, 2.05) is 24.3 Å². The van der Waals surface area contributed by atoms with Crippen LogP contribution in [0.1, 0.15) is 25.7 Å². The maximum Gasteiger partial charge on any atom is 0.145 e. The minimum Gasteiger partial charge on any atom is -0.491 e. The number of halogens is 2. The van der Waals surface area contributed by atoms with Crippen molar-refractivity contribution in [3.8, 4) is 5.75 Å². The van der Waals surface area contributed by atoms with Crippen molar-refractivity contribution >= 4 is 34.1 Å². The average Bonchev–Trinajstić information content (AvgIpc) is 2.45. The zero-order chi connectivity index (χ0) is 13.5. The van der Waals surface area contributed by atoms with Crippen LogP contribution in [0.25, 0.3) is 10.9 Å². The van der Waals surface area contributed by atoms with Gasteiger partial charge in [0.05, 0.1) is 11.6 Å². The molecule has 1 aromatic heterocycles. The second-order valence-corrected chi connectivity index (χ2v) is 5.18. The van der Waals surface area contributed by atoms with Crippen LogP contribution in [0.5, 0.6) is 5.75 Å². The maximum atomic E-state index is 6.14. The van der Waals surface area contributed by atoms with Crippen molar-refractivity contribution < 1.29 is 4.74 Å². The fourth-order valence-electron chi connectivity index (χ4n) is 1.96. The fraction of sp³-hybridized carbons (Fsp3) is 0.400. The molecule has 0 fully saturated rings. The Hall–Kier alpha value is -0.990. The quantitative estimate of drug-likeness (QED) is 0.526. The molecule has 0 saturated carbocycles. The summed E-state index contributed by atoms with van der Waals surface area (Å²) in [6.07, 6.45) is 6.17. The number of hydrogen-bond acceptors (Lipinski definition) is 2. The zero-order valence-electron chi connectivity index (χ0n) is 10.7. The highest BCUT2D eigenvalue weighted by Gasteiger charge is 2.06. The Balaban J connectivity index is 1.96. The predicted octanol–water partition coefficient (Wildman–Crippen LogP) is 5.07. The van der Waals surface area contributed by atoms with Crippen LogP contribution in [0.3, 0.4) is 0 Å². The van der Waals surface area contributed by atoms with Gasteiger partial charge in [-0.05, 0) is 37.1 Å². The SMILES string of the molecule is ClCCCCCCOc1ccc(Cl)c2cccnc12. The number of ether oxygens (including phenoxy) is 1. The Labute approximate surface area is 123 Å². The van der Waals surface area contributed by atoms with Crippen LogP contribution in [0.4, 0.5) is 0 Å². The van der Waals surface area contributed by atoms with Crippen LogP contribution in [0, 0.1) is 0 Å². The molecule has 1 heterocycles. The molecule has 19 heavy (non-hydrogen) atoms. The standard InChI is InChI=1S/C15H17Cl2NO/c16-9-3-1-2-4-11-19-14-8-7-13(17)12-6-5-10-18-15(12)14/h5-8,10H,1-4,9,11H2. The summed E-state index contributed by atoms with van der Waals surface area (Å²) in [6, 6.07) is 7.58. The summed E-state index contributed by atoms with van der Waals surface area (Å²) in [7, 11) is 0. The van der Waals surface area contributed by atoms with E-state index in [4.69, 9.17) is 27.9 Å². The topological polar surface area (TPSA) is 22.1 Å². The highest BCUT2D eigenvalue weighted by molar-refractivity contribution is 6.35. The predicted molar refractivity (Wildman–Crippen MR) is 81.4 cm³/mol. The molecule has 1 aromatic carbocycles. The molecule has 2 rings (SSSR count). The van der Waals surface area contributed by atoms with Crippen LogP contribution in [0.2, 0.25) is 5.02 Å². The summed E-state index contributed by atoms with van der Waals surface area (Å²) in [5.41, 5.74) is 0.829. The first-order valence-corrected chi connectivity index (χ1v) is 7.46. The summed E-state index contributed by atoms with van der Waals surface area (Å²) in [5, 5.41) is 1.64. The number of nitrogens with zero attached hydrogens (tertiary/aromatic N) is 1. The van der Waals surface area contributed by atoms with Gasteiger partial charge in [-0.1, -0.05) is 24.4 Å². The molecule has 0 bridgehead atoms. The third-order valence-electron chi connectivity index (χ3n) is 2.96. The minimum absolute atomic E-state index is 0.704. The molecule has 0 N–H and O–H groups in total. The van der Waals surface area contributed by atoms with E-state index in [2.05, 4.69) is 4.98 Å². The van der Waals surface area contributed by atoms with Crippen molar-refractivity contribution in [1.29, 1.82) is 0 Å². The Morgan fingerprint density at radius 3 is 2.74 bits per heavy atom. The highest BCUT2D eigenvalue weighted by atomic mass is 35.5. The Morgan fingerprint density at radius 1 is 1.05 bits per heavy atom. The van der Waals surface area contributed by atoms with Gasteiger partial charge in [-0.3, -0.25) is 4.98 Å². The molecule has 0 aliphatic carbocycles. The van der Waals surface area contributed by atoms with E-state index in [1.165, 1.54) is 0 Å². The number of unbranched alkanes of at least 4 members (excludes halogenated alkanes) is 3. The Bertz CT molecular complexity index is 531. The number of alkyl halides is 1. The van der Waals surface area contributed by atoms with E-state index in [9.17, 15) is 0 Å². The molecule has 0 radical (unpaired) electrons. The third-order valence-corrected chi connectivity index (χ3v) is 3.56. The first-order valence-electron chi connectivity index (χ1n) is 6.55. The summed E-state index contributed by atoms with van der Waals surface area (Å²) in [5.74, 6) is 1.55. The molecular formula is C15H17Cl2NO. The second kappa shape index (κ2) is 7.56. The van der Waals surface area contributed by atoms with E-state index in [1.54, 1.807) is 6.20 Å². The number of hydrogen-bond donors (Lipinski definition) is 0. The number of rotatable bonds is 7. The number of fused-ring (bicyclic) bond motifs is 1. The van der Waals surface area contributed by atoms with Crippen LogP contribution >= 0.6 is 23.2 Å². The van der Waals surface area contributed by atoms with E-state index in [-0.39, 0.29) is 0 Å². The second-order valence-electron chi connectivity index (χ2n) is 4.40. The molecule has 2 aromatic rings. The first kappa shape index (κ1) is 14.4. The zero-order valence-corrected chi connectivity index (χ0v) is 12.3. The van der Waals surface area contributed by atoms with Gasteiger partial charge in [0.2, 0.25) is 0 Å². The lowest BCUT2D eigenvalue weighted by Gasteiger charge is -2.09. The van der Waals surface area contributed by atoms with Crippen molar-refractivity contribution in [2.45, 2.75) is 25.7 Å². The van der Waals surface area contributed by atoms with Gasteiger partial charge in [-0.2, -0.15) is 0 Å². The molecule has 0 saturated heterocycles. The van der Waals surface area contributed by atoms with Gasteiger partial charge < -0.3 is 4.74 Å². The average molecular weight is 298 g/mol. The molecule has 2 nitrogen and oxygen atoms in total. The van der Waals surface area contributed by atoms with Gasteiger partial charge in [-0.25, -0.2) is 0 Å². The number of aromatic nitrogens is 1. The van der Waals surface area contributed by atoms with Gasteiger partial charge >= 0.3 is 0 Å². The minimum atomic E-state index is 0.704. The number of pyridine rings is 1. The highest BCUT2D eigenvalue weighted by Crippen LogP contribution is 2.29. The van der Waals surface area contributed by atoms with Crippen molar-refractivity contribution in [3.63, 3.8) is 0 Å². The molecule has 0 aliphatic heterocycles. The lowest BCUT2D eigenvalue weighted by molar-refractivity contribution is 0.308. The summed E-state index contributed by atoms with van der Waals surface area (Å²) >= 11 is 11.8. The fourth-order valence-corrected chi connectivity index (χ4v) is 2.37. The van der Waals surface area contributed by atoms with Gasteiger partial charge in [0.25, 0.3) is 0 Å². The van der Waals surface area contributed by atoms with E-state index in [0.717, 1.165) is 48.2 Å². The van der Waals surface area contributed by atoms with E-state index in [0.29, 0.717) is 11.6 Å². The molecule has 0 amide bonds. The van der Waals surface area contributed by atoms with E-state index < -0.39 is 0 Å². The molecule has 0 unspecified atom stereocenters. The molecule has 102 valence electrons. The summed E-state index contributed by atoms with van der Waals surface area (Å²) in [4.78, 5) is 4.34. The van der Waals surface area contributed by atoms with E-state index >= 15 is 0 Å². The van der Waals surface area contributed by atoms with Crippen molar-refractivity contribution in [3.05, 3.63) is 35.5 Å². The molecule has 4 heteroatoms. The largest absolute Gasteiger partial charge is 0.491 e. The van der Waals surface area contributed by atoms with Crippen LogP contribution < -0.4 is 4.74 Å². The monoisotopic (exact) mass is 297 g/mol. The molecule has 0 spiro atoms. The Morgan fingerprint density at radius 2 is 1.89 bits per heavy atom. The normalized spacial score (nSPS) is 10.8. The lowest BCUT2D eigenvalue weighted by atomic mass is 10.2. The third kappa shape index (κ3) is 3.99. The van der Waals surface area contributed by atoms with Crippen LogP contribution in [-0.2, 0) is 0 Å². The maximum absolute atomic E-state index is 6.14. The number of benzene rings is 1. The molecular weight excluding hydrogens is 281 g/mol. The van der Waals surface area contributed by atoms with Gasteiger partial charge in [0.15, 0.2) is 0 Å². The van der Waals surface area contributed by atoms with Crippen molar-refractivity contribution in [2.75, 3.05) is 12.5 Å². The van der Waals surface area contributed by atoms with Crippen molar-refractivity contribution in [1.82, 2.24) is 4.98 Å². The summed E-state index contributed by atoms with van der Waals surface area (Å²) < 4.78 is 5.80. The van der Waals surface area contributed by atoms with Gasteiger partial charge in [0.1, 0.15) is 11.3 Å². The smallest absolute Gasteiger partial charge is 0.145 e. The van der Waals surface area contributed by atoms with Crippen LogP contribution in [-0.4, -0.2) is 17.5 Å².